The number of rotatable bonds is 4. The summed E-state index contributed by atoms with van der Waals surface area (Å²) in [5.41, 5.74) is 5.51. The number of pyridine rings is 1. The molecule has 0 aliphatic carbocycles. The average Bonchev–Trinajstić information content (AvgIpc) is 3.11. The standard InChI is InChI=1S/C25H25FN4O/c1-17-18(6-5-9-22(17)26)14-23-24(29-12-10-27-11-13-29)21-15-20(31)16-28-25(21)30(23)19-7-3-2-4-8-19/h2-9,15-16,27,31H,10-14H2,1H3. The lowest BCUT2D eigenvalue weighted by Crippen LogP contribution is -2.43. The molecule has 2 N–H and O–H groups in total. The van der Waals surface area contributed by atoms with Crippen LogP contribution in [0.15, 0.2) is 60.8 Å². The fourth-order valence-electron chi connectivity index (χ4n) is 4.47. The molecule has 3 heterocycles. The Labute approximate surface area is 180 Å². The molecule has 0 amide bonds. The Hall–Kier alpha value is -3.38. The highest BCUT2D eigenvalue weighted by Gasteiger charge is 2.25. The van der Waals surface area contributed by atoms with E-state index in [1.807, 2.05) is 31.2 Å². The van der Waals surface area contributed by atoms with Crippen LogP contribution in [-0.4, -0.2) is 40.8 Å². The van der Waals surface area contributed by atoms with Crippen molar-refractivity contribution in [2.24, 2.45) is 0 Å². The second kappa shape index (κ2) is 8.04. The van der Waals surface area contributed by atoms with Crippen LogP contribution in [0.5, 0.6) is 5.75 Å². The Balaban J connectivity index is 1.80. The first-order valence-electron chi connectivity index (χ1n) is 10.6. The number of aromatic nitrogens is 2. The van der Waals surface area contributed by atoms with Crippen molar-refractivity contribution in [1.82, 2.24) is 14.9 Å². The van der Waals surface area contributed by atoms with E-state index in [4.69, 9.17) is 0 Å². The Morgan fingerprint density at radius 3 is 2.61 bits per heavy atom. The van der Waals surface area contributed by atoms with Crippen LogP contribution in [0.1, 0.15) is 16.8 Å². The van der Waals surface area contributed by atoms with E-state index in [-0.39, 0.29) is 11.6 Å². The van der Waals surface area contributed by atoms with E-state index in [2.05, 4.69) is 31.9 Å². The molecule has 31 heavy (non-hydrogen) atoms. The molecule has 1 fully saturated rings. The zero-order chi connectivity index (χ0) is 21.4. The molecule has 0 saturated carbocycles. The van der Waals surface area contributed by atoms with Crippen LogP contribution in [0.4, 0.5) is 10.1 Å². The largest absolute Gasteiger partial charge is 0.506 e. The van der Waals surface area contributed by atoms with Gasteiger partial charge in [0.1, 0.15) is 17.2 Å². The second-order valence-electron chi connectivity index (χ2n) is 7.97. The van der Waals surface area contributed by atoms with Crippen LogP contribution in [0, 0.1) is 12.7 Å². The fourth-order valence-corrected chi connectivity index (χ4v) is 4.47. The minimum absolute atomic E-state index is 0.141. The summed E-state index contributed by atoms with van der Waals surface area (Å²) in [5, 5.41) is 14.6. The van der Waals surface area contributed by atoms with Crippen molar-refractivity contribution in [3.05, 3.63) is 83.4 Å². The molecule has 5 nitrogen and oxygen atoms in total. The highest BCUT2D eigenvalue weighted by atomic mass is 19.1. The third-order valence-electron chi connectivity index (χ3n) is 6.05. The van der Waals surface area contributed by atoms with Crippen LogP contribution >= 0.6 is 0 Å². The van der Waals surface area contributed by atoms with Crippen molar-refractivity contribution in [3.63, 3.8) is 0 Å². The minimum Gasteiger partial charge on any atom is -0.506 e. The number of hydrogen-bond donors (Lipinski definition) is 2. The molecule has 1 aliphatic rings. The van der Waals surface area contributed by atoms with Gasteiger partial charge in [-0.2, -0.15) is 0 Å². The quantitative estimate of drug-likeness (QED) is 0.524. The smallest absolute Gasteiger partial charge is 0.147 e. The van der Waals surface area contributed by atoms with Crippen LogP contribution in [0.3, 0.4) is 0 Å². The highest BCUT2D eigenvalue weighted by Crippen LogP contribution is 2.38. The molecule has 0 bridgehead atoms. The lowest BCUT2D eigenvalue weighted by molar-refractivity contribution is 0.474. The molecule has 2 aromatic carbocycles. The van der Waals surface area contributed by atoms with Gasteiger partial charge in [-0.25, -0.2) is 9.37 Å². The van der Waals surface area contributed by atoms with Gasteiger partial charge in [0, 0.05) is 43.7 Å². The molecule has 0 unspecified atom stereocenters. The monoisotopic (exact) mass is 416 g/mol. The Bertz CT molecular complexity index is 1230. The lowest BCUT2D eigenvalue weighted by atomic mass is 10.0. The van der Waals surface area contributed by atoms with Crippen molar-refractivity contribution in [1.29, 1.82) is 0 Å². The Morgan fingerprint density at radius 1 is 1.06 bits per heavy atom. The van der Waals surface area contributed by atoms with Gasteiger partial charge in [-0.15, -0.1) is 0 Å². The zero-order valence-corrected chi connectivity index (χ0v) is 17.5. The number of fused-ring (bicyclic) bond motifs is 1. The van der Waals surface area contributed by atoms with Crippen molar-refractivity contribution in [3.8, 4) is 11.4 Å². The number of halogens is 1. The molecule has 2 aromatic heterocycles. The second-order valence-corrected chi connectivity index (χ2v) is 7.97. The molecule has 0 radical (unpaired) electrons. The van der Waals surface area contributed by atoms with Crippen LogP contribution in [-0.2, 0) is 6.42 Å². The molecular formula is C25H25FN4O. The highest BCUT2D eigenvalue weighted by molar-refractivity contribution is 5.96. The summed E-state index contributed by atoms with van der Waals surface area (Å²) >= 11 is 0. The van der Waals surface area contributed by atoms with Gasteiger partial charge >= 0.3 is 0 Å². The van der Waals surface area contributed by atoms with Gasteiger partial charge in [0.05, 0.1) is 17.6 Å². The first-order chi connectivity index (χ1) is 15.1. The van der Waals surface area contributed by atoms with Gasteiger partial charge in [0.25, 0.3) is 0 Å². The fraction of sp³-hybridized carbons (Fsp3) is 0.240. The van der Waals surface area contributed by atoms with Gasteiger partial charge in [-0.3, -0.25) is 4.57 Å². The van der Waals surface area contributed by atoms with Crippen LogP contribution in [0.2, 0.25) is 0 Å². The number of piperazine rings is 1. The van der Waals surface area contributed by atoms with Gasteiger partial charge < -0.3 is 15.3 Å². The van der Waals surface area contributed by atoms with E-state index >= 15 is 0 Å². The molecule has 0 spiro atoms. The third-order valence-corrected chi connectivity index (χ3v) is 6.05. The van der Waals surface area contributed by atoms with E-state index in [1.54, 1.807) is 12.1 Å². The normalized spacial score (nSPS) is 14.3. The number of nitrogens with one attached hydrogen (secondary N) is 1. The molecule has 0 atom stereocenters. The van der Waals surface area contributed by atoms with Crippen molar-refractivity contribution >= 4 is 16.7 Å². The Kier molecular flexibility index (Phi) is 5.08. The van der Waals surface area contributed by atoms with Gasteiger partial charge in [0.15, 0.2) is 0 Å². The molecule has 158 valence electrons. The summed E-state index contributed by atoms with van der Waals surface area (Å²) in [6, 6.07) is 17.1. The summed E-state index contributed by atoms with van der Waals surface area (Å²) in [5.74, 6) is -0.0538. The number of benzene rings is 2. The predicted octanol–water partition coefficient (Wildman–Crippen LogP) is 4.18. The average molecular weight is 417 g/mol. The number of anilines is 1. The van der Waals surface area contributed by atoms with Crippen molar-refractivity contribution in [2.45, 2.75) is 13.3 Å². The minimum atomic E-state index is -0.195. The maximum Gasteiger partial charge on any atom is 0.147 e. The van der Waals surface area contributed by atoms with Crippen molar-refractivity contribution < 1.29 is 9.50 Å². The Morgan fingerprint density at radius 2 is 1.84 bits per heavy atom. The molecule has 6 heteroatoms. The van der Waals surface area contributed by atoms with Crippen molar-refractivity contribution in [2.75, 3.05) is 31.1 Å². The van der Waals surface area contributed by atoms with E-state index in [0.717, 1.165) is 59.8 Å². The molecular weight excluding hydrogens is 391 g/mol. The van der Waals surface area contributed by atoms with E-state index in [0.29, 0.717) is 12.0 Å². The van der Waals surface area contributed by atoms with Gasteiger partial charge in [-0.1, -0.05) is 30.3 Å². The maximum atomic E-state index is 14.3. The number of aromatic hydroxyl groups is 1. The lowest BCUT2D eigenvalue weighted by Gasteiger charge is -2.30. The molecule has 1 saturated heterocycles. The first-order valence-corrected chi connectivity index (χ1v) is 10.6. The number of hydrogen-bond acceptors (Lipinski definition) is 4. The van der Waals surface area contributed by atoms with E-state index < -0.39 is 0 Å². The van der Waals surface area contributed by atoms with Crippen LogP contribution < -0.4 is 10.2 Å². The summed E-state index contributed by atoms with van der Waals surface area (Å²) in [4.78, 5) is 6.96. The summed E-state index contributed by atoms with van der Waals surface area (Å²) in [6.07, 6.45) is 2.05. The van der Waals surface area contributed by atoms with Crippen LogP contribution in [0.25, 0.3) is 16.7 Å². The zero-order valence-electron chi connectivity index (χ0n) is 17.5. The summed E-state index contributed by atoms with van der Waals surface area (Å²) in [6.45, 7) is 5.33. The molecule has 4 aromatic rings. The molecule has 1 aliphatic heterocycles. The third kappa shape index (κ3) is 3.53. The number of para-hydroxylation sites is 1. The SMILES string of the molecule is Cc1c(F)cccc1Cc1c(N2CCNCC2)c2cc(O)cnc2n1-c1ccccc1. The van der Waals surface area contributed by atoms with Gasteiger partial charge in [-0.05, 0) is 42.3 Å². The number of nitrogens with zero attached hydrogens (tertiary/aromatic N) is 3. The molecule has 5 rings (SSSR count). The maximum absolute atomic E-state index is 14.3. The topological polar surface area (TPSA) is 53.3 Å². The predicted molar refractivity (Wildman–Crippen MR) is 122 cm³/mol. The van der Waals surface area contributed by atoms with E-state index in [9.17, 15) is 9.50 Å². The summed E-state index contributed by atoms with van der Waals surface area (Å²) < 4.78 is 16.5. The first kappa shape index (κ1) is 19.6. The van der Waals surface area contributed by atoms with E-state index in [1.165, 1.54) is 12.3 Å². The summed E-state index contributed by atoms with van der Waals surface area (Å²) in [7, 11) is 0. The van der Waals surface area contributed by atoms with Gasteiger partial charge in [0.2, 0.25) is 0 Å².